The number of rotatable bonds is 4. The molecule has 0 spiro atoms. The molecule has 0 atom stereocenters. The van der Waals surface area contributed by atoms with E-state index in [1.807, 2.05) is 0 Å². The summed E-state index contributed by atoms with van der Waals surface area (Å²) < 4.78 is 6.14. The quantitative estimate of drug-likeness (QED) is 0.748. The highest BCUT2D eigenvalue weighted by molar-refractivity contribution is 6.96. The smallest absolute Gasteiger partial charge is 0.252 e. The molecule has 0 aromatic heterocycles. The first-order chi connectivity index (χ1) is 8.27. The third-order valence-corrected chi connectivity index (χ3v) is 6.82. The van der Waals surface area contributed by atoms with Crippen LogP contribution in [0.25, 0.3) is 0 Å². The summed E-state index contributed by atoms with van der Waals surface area (Å²) in [6.07, 6.45) is 0. The van der Waals surface area contributed by atoms with Crippen molar-refractivity contribution in [1.82, 2.24) is 0 Å². The van der Waals surface area contributed by atoms with Crippen molar-refractivity contribution in [2.75, 3.05) is 6.61 Å². The van der Waals surface area contributed by atoms with Gasteiger partial charge < -0.3 is 4.43 Å². The molecule has 2 aromatic rings. The minimum absolute atomic E-state index is 0.756. The van der Waals surface area contributed by atoms with Gasteiger partial charge in [0, 0.05) is 6.61 Å². The molecule has 88 valence electrons. The Morgan fingerprint density at radius 3 is 1.59 bits per heavy atom. The summed E-state index contributed by atoms with van der Waals surface area (Å²) in [5, 5.41) is 2.65. The first-order valence-electron chi connectivity index (χ1n) is 6.02. The third-order valence-electron chi connectivity index (χ3n) is 3.08. The lowest BCUT2D eigenvalue weighted by atomic mass is 10.4. The fourth-order valence-corrected chi connectivity index (χ4v) is 5.04. The van der Waals surface area contributed by atoms with E-state index in [9.17, 15) is 0 Å². The molecular formula is C15H18OSi. The normalized spacial score (nSPS) is 11.4. The number of benzene rings is 2. The standard InChI is InChI=1S/C15H18OSi/c1-3-16-17(2,14-10-6-4-7-11-14)15-12-8-5-9-13-15/h4-13H,3H2,1-2H3. The molecule has 1 nitrogen and oxygen atoms in total. The molecule has 0 fully saturated rings. The summed E-state index contributed by atoms with van der Waals surface area (Å²) in [5.41, 5.74) is 0. The van der Waals surface area contributed by atoms with Crippen LogP contribution in [-0.2, 0) is 4.43 Å². The van der Waals surface area contributed by atoms with E-state index in [-0.39, 0.29) is 0 Å². The minimum atomic E-state index is -2.00. The topological polar surface area (TPSA) is 9.23 Å². The van der Waals surface area contributed by atoms with Gasteiger partial charge in [-0.2, -0.15) is 0 Å². The zero-order valence-corrected chi connectivity index (χ0v) is 11.4. The van der Waals surface area contributed by atoms with E-state index in [1.54, 1.807) is 0 Å². The Kier molecular flexibility index (Phi) is 3.77. The van der Waals surface area contributed by atoms with Crippen molar-refractivity contribution < 1.29 is 4.43 Å². The van der Waals surface area contributed by atoms with Crippen molar-refractivity contribution in [3.8, 4) is 0 Å². The molecule has 0 saturated carbocycles. The van der Waals surface area contributed by atoms with Gasteiger partial charge in [0.2, 0.25) is 0 Å². The first kappa shape index (κ1) is 12.1. The predicted octanol–water partition coefficient (Wildman–Crippen LogP) is 2.41. The monoisotopic (exact) mass is 242 g/mol. The summed E-state index contributed by atoms with van der Waals surface area (Å²) in [7, 11) is -2.00. The maximum Gasteiger partial charge on any atom is 0.252 e. The summed E-state index contributed by atoms with van der Waals surface area (Å²) >= 11 is 0. The molecule has 0 unspecified atom stereocenters. The van der Waals surface area contributed by atoms with E-state index in [0.29, 0.717) is 0 Å². The van der Waals surface area contributed by atoms with Crippen molar-refractivity contribution >= 4 is 18.7 Å². The molecule has 2 aromatic carbocycles. The first-order valence-corrected chi connectivity index (χ1v) is 8.43. The fraction of sp³-hybridized carbons (Fsp3) is 0.200. The van der Waals surface area contributed by atoms with Crippen molar-refractivity contribution in [3.05, 3.63) is 60.7 Å². The second-order valence-corrected chi connectivity index (χ2v) is 7.71. The lowest BCUT2D eigenvalue weighted by Crippen LogP contribution is -2.58. The van der Waals surface area contributed by atoms with E-state index < -0.39 is 8.32 Å². The lowest BCUT2D eigenvalue weighted by Gasteiger charge is -2.27. The molecule has 0 radical (unpaired) electrons. The SMILES string of the molecule is CCO[Si](C)(c1ccccc1)c1ccccc1. The molecule has 0 saturated heterocycles. The van der Waals surface area contributed by atoms with Crippen LogP contribution in [0.4, 0.5) is 0 Å². The molecule has 2 heteroatoms. The van der Waals surface area contributed by atoms with Gasteiger partial charge in [-0.3, -0.25) is 0 Å². The second-order valence-electron chi connectivity index (χ2n) is 4.20. The van der Waals surface area contributed by atoms with Gasteiger partial charge in [-0.05, 0) is 23.8 Å². The third kappa shape index (κ3) is 2.48. The Morgan fingerprint density at radius 1 is 0.824 bits per heavy atom. The largest absolute Gasteiger partial charge is 0.408 e. The average molecular weight is 242 g/mol. The van der Waals surface area contributed by atoms with Gasteiger partial charge in [0.15, 0.2) is 0 Å². The molecule has 17 heavy (non-hydrogen) atoms. The summed E-state index contributed by atoms with van der Waals surface area (Å²) in [6.45, 7) is 5.09. The maximum atomic E-state index is 6.14. The zero-order valence-electron chi connectivity index (χ0n) is 10.4. The van der Waals surface area contributed by atoms with E-state index in [2.05, 4.69) is 74.1 Å². The van der Waals surface area contributed by atoms with Crippen LogP contribution in [0.5, 0.6) is 0 Å². The van der Waals surface area contributed by atoms with E-state index in [1.165, 1.54) is 10.4 Å². The van der Waals surface area contributed by atoms with Gasteiger partial charge >= 0.3 is 0 Å². The van der Waals surface area contributed by atoms with Crippen molar-refractivity contribution in [2.45, 2.75) is 13.5 Å². The van der Waals surface area contributed by atoms with Crippen molar-refractivity contribution in [3.63, 3.8) is 0 Å². The van der Waals surface area contributed by atoms with Crippen LogP contribution in [0.15, 0.2) is 60.7 Å². The van der Waals surface area contributed by atoms with Crippen LogP contribution in [0.2, 0.25) is 6.55 Å². The maximum absolute atomic E-state index is 6.14. The zero-order chi connectivity index (χ0) is 12.1. The van der Waals surface area contributed by atoms with Crippen molar-refractivity contribution in [1.29, 1.82) is 0 Å². The lowest BCUT2D eigenvalue weighted by molar-refractivity contribution is 0.343. The summed E-state index contributed by atoms with van der Waals surface area (Å²) in [5.74, 6) is 0. The molecule has 0 N–H and O–H groups in total. The highest BCUT2D eigenvalue weighted by Gasteiger charge is 2.33. The van der Waals surface area contributed by atoms with Crippen molar-refractivity contribution in [2.24, 2.45) is 0 Å². The number of hydrogen-bond donors (Lipinski definition) is 0. The van der Waals surface area contributed by atoms with Crippen LogP contribution in [0, 0.1) is 0 Å². The Labute approximate surface area is 104 Å². The van der Waals surface area contributed by atoms with Gasteiger partial charge in [0.25, 0.3) is 8.32 Å². The number of hydrogen-bond acceptors (Lipinski definition) is 1. The van der Waals surface area contributed by atoms with Crippen LogP contribution < -0.4 is 10.4 Å². The fourth-order valence-electron chi connectivity index (χ4n) is 2.13. The van der Waals surface area contributed by atoms with Gasteiger partial charge in [0.1, 0.15) is 0 Å². The van der Waals surface area contributed by atoms with Crippen LogP contribution in [-0.4, -0.2) is 14.9 Å². The molecule has 0 aliphatic heterocycles. The highest BCUT2D eigenvalue weighted by atomic mass is 28.4. The second kappa shape index (κ2) is 5.30. The molecule has 0 heterocycles. The van der Waals surface area contributed by atoms with Crippen LogP contribution >= 0.6 is 0 Å². The molecule has 0 bridgehead atoms. The van der Waals surface area contributed by atoms with Crippen LogP contribution in [0.3, 0.4) is 0 Å². The van der Waals surface area contributed by atoms with E-state index in [4.69, 9.17) is 4.43 Å². The molecular weight excluding hydrogens is 224 g/mol. The van der Waals surface area contributed by atoms with Crippen LogP contribution in [0.1, 0.15) is 6.92 Å². The molecule has 2 rings (SSSR count). The highest BCUT2D eigenvalue weighted by Crippen LogP contribution is 2.07. The average Bonchev–Trinajstić information content (AvgIpc) is 2.41. The molecule has 0 aliphatic carbocycles. The van der Waals surface area contributed by atoms with Gasteiger partial charge in [-0.15, -0.1) is 0 Å². The Balaban J connectivity index is 2.47. The molecule has 0 aliphatic rings. The Morgan fingerprint density at radius 2 is 1.24 bits per heavy atom. The minimum Gasteiger partial charge on any atom is -0.408 e. The Hall–Kier alpha value is -1.38. The summed E-state index contributed by atoms with van der Waals surface area (Å²) in [4.78, 5) is 0. The summed E-state index contributed by atoms with van der Waals surface area (Å²) in [6, 6.07) is 21.1. The molecule has 0 amide bonds. The van der Waals surface area contributed by atoms with Gasteiger partial charge in [0.05, 0.1) is 0 Å². The van der Waals surface area contributed by atoms with E-state index >= 15 is 0 Å². The predicted molar refractivity (Wildman–Crippen MR) is 75.4 cm³/mol. The van der Waals surface area contributed by atoms with E-state index in [0.717, 1.165) is 6.61 Å². The van der Waals surface area contributed by atoms with Gasteiger partial charge in [-0.25, -0.2) is 0 Å². The van der Waals surface area contributed by atoms with Gasteiger partial charge in [-0.1, -0.05) is 60.7 Å². The Bertz CT molecular complexity index is 413.